The van der Waals surface area contributed by atoms with Gasteiger partial charge in [0.25, 0.3) is 0 Å². The number of nitrogens with one attached hydrogen (secondary N) is 1. The third kappa shape index (κ3) is 3.24. The minimum atomic E-state index is 0.457. The Hall–Kier alpha value is -1.06. The maximum atomic E-state index is 3.56. The van der Waals surface area contributed by atoms with Crippen LogP contribution >= 0.6 is 11.3 Å². The Morgan fingerprint density at radius 3 is 2.78 bits per heavy atom. The standard InChI is InChI=1S/C15H22N2S/c1-4-16-15(12(2)3)14-5-7-17(10-14)9-13-6-8-18-11-13/h5-8,10-12,15-16H,4,9H2,1-3H3. The molecule has 1 atom stereocenters. The van der Waals surface area contributed by atoms with Crippen LogP contribution in [0.1, 0.15) is 37.9 Å². The Morgan fingerprint density at radius 2 is 2.17 bits per heavy atom. The maximum Gasteiger partial charge on any atom is 0.0478 e. The van der Waals surface area contributed by atoms with Crippen LogP contribution in [0.3, 0.4) is 0 Å². The number of hydrogen-bond acceptors (Lipinski definition) is 2. The van der Waals surface area contributed by atoms with Gasteiger partial charge in [-0.15, -0.1) is 0 Å². The van der Waals surface area contributed by atoms with Gasteiger partial charge in [0.15, 0.2) is 0 Å². The lowest BCUT2D eigenvalue weighted by atomic mass is 9.98. The molecule has 0 aliphatic rings. The fourth-order valence-corrected chi connectivity index (χ4v) is 2.95. The molecule has 0 radical (unpaired) electrons. The summed E-state index contributed by atoms with van der Waals surface area (Å²) in [7, 11) is 0. The molecule has 2 nitrogen and oxygen atoms in total. The van der Waals surface area contributed by atoms with E-state index in [9.17, 15) is 0 Å². The summed E-state index contributed by atoms with van der Waals surface area (Å²) in [6.07, 6.45) is 4.45. The predicted octanol–water partition coefficient (Wildman–Crippen LogP) is 3.90. The Bertz CT molecular complexity index is 457. The van der Waals surface area contributed by atoms with E-state index in [0.29, 0.717) is 12.0 Å². The molecule has 3 heteroatoms. The van der Waals surface area contributed by atoms with Crippen molar-refractivity contribution in [1.29, 1.82) is 0 Å². The minimum absolute atomic E-state index is 0.457. The van der Waals surface area contributed by atoms with Gasteiger partial charge in [0, 0.05) is 25.0 Å². The van der Waals surface area contributed by atoms with Crippen molar-refractivity contribution in [1.82, 2.24) is 9.88 Å². The topological polar surface area (TPSA) is 17.0 Å². The van der Waals surface area contributed by atoms with E-state index in [1.807, 2.05) is 0 Å². The molecule has 98 valence electrons. The van der Waals surface area contributed by atoms with E-state index in [2.05, 4.69) is 65.9 Å². The molecule has 0 amide bonds. The van der Waals surface area contributed by atoms with Gasteiger partial charge in [0.2, 0.25) is 0 Å². The first-order chi connectivity index (χ1) is 8.70. The van der Waals surface area contributed by atoms with Gasteiger partial charge in [-0.25, -0.2) is 0 Å². The van der Waals surface area contributed by atoms with Gasteiger partial charge in [0.1, 0.15) is 0 Å². The van der Waals surface area contributed by atoms with Crippen LogP contribution < -0.4 is 5.32 Å². The van der Waals surface area contributed by atoms with Crippen LogP contribution in [0.15, 0.2) is 35.3 Å². The van der Waals surface area contributed by atoms with Crippen molar-refractivity contribution in [2.24, 2.45) is 5.92 Å². The lowest BCUT2D eigenvalue weighted by Gasteiger charge is -2.20. The van der Waals surface area contributed by atoms with Crippen molar-refractivity contribution >= 4 is 11.3 Å². The Balaban J connectivity index is 2.08. The molecule has 2 rings (SSSR count). The highest BCUT2D eigenvalue weighted by Gasteiger charge is 2.15. The summed E-state index contributed by atoms with van der Waals surface area (Å²) >= 11 is 1.76. The maximum absolute atomic E-state index is 3.56. The molecule has 0 spiro atoms. The molecule has 0 bridgehead atoms. The monoisotopic (exact) mass is 262 g/mol. The van der Waals surface area contributed by atoms with Crippen molar-refractivity contribution in [3.05, 3.63) is 46.4 Å². The van der Waals surface area contributed by atoms with E-state index in [-0.39, 0.29) is 0 Å². The average Bonchev–Trinajstić information content (AvgIpc) is 2.97. The van der Waals surface area contributed by atoms with Gasteiger partial charge in [-0.3, -0.25) is 0 Å². The second kappa shape index (κ2) is 6.21. The van der Waals surface area contributed by atoms with Crippen LogP contribution in [-0.4, -0.2) is 11.1 Å². The summed E-state index contributed by atoms with van der Waals surface area (Å²) in [5, 5.41) is 7.91. The van der Waals surface area contributed by atoms with Crippen LogP contribution in [0.2, 0.25) is 0 Å². The van der Waals surface area contributed by atoms with E-state index in [4.69, 9.17) is 0 Å². The van der Waals surface area contributed by atoms with E-state index in [0.717, 1.165) is 13.1 Å². The molecule has 1 N–H and O–H groups in total. The molecule has 2 aromatic rings. The molecule has 2 aromatic heterocycles. The zero-order valence-electron chi connectivity index (χ0n) is 11.4. The quantitative estimate of drug-likeness (QED) is 0.835. The van der Waals surface area contributed by atoms with Crippen molar-refractivity contribution in [3.63, 3.8) is 0 Å². The fourth-order valence-electron chi connectivity index (χ4n) is 2.29. The SMILES string of the molecule is CCNC(c1ccn(Cc2ccsc2)c1)C(C)C. The Morgan fingerprint density at radius 1 is 1.33 bits per heavy atom. The Labute approximate surface area is 114 Å². The largest absolute Gasteiger partial charge is 0.350 e. The first-order valence-corrected chi connectivity index (χ1v) is 7.55. The molecule has 0 fully saturated rings. The normalized spacial score (nSPS) is 13.1. The summed E-state index contributed by atoms with van der Waals surface area (Å²) in [5.41, 5.74) is 2.77. The highest BCUT2D eigenvalue weighted by atomic mass is 32.1. The van der Waals surface area contributed by atoms with E-state index < -0.39 is 0 Å². The highest BCUT2D eigenvalue weighted by Crippen LogP contribution is 2.22. The van der Waals surface area contributed by atoms with Gasteiger partial charge in [-0.2, -0.15) is 11.3 Å². The third-order valence-corrected chi connectivity index (χ3v) is 3.90. The number of rotatable bonds is 6. The molecule has 0 saturated carbocycles. The second-order valence-corrected chi connectivity index (χ2v) is 5.81. The first kappa shape index (κ1) is 13.4. The minimum Gasteiger partial charge on any atom is -0.350 e. The van der Waals surface area contributed by atoms with E-state index >= 15 is 0 Å². The van der Waals surface area contributed by atoms with Crippen LogP contribution in [-0.2, 0) is 6.54 Å². The Kier molecular flexibility index (Phi) is 4.61. The van der Waals surface area contributed by atoms with Crippen molar-refractivity contribution in [3.8, 4) is 0 Å². The summed E-state index contributed by atoms with van der Waals surface area (Å²) in [6, 6.07) is 4.88. The second-order valence-electron chi connectivity index (χ2n) is 5.03. The van der Waals surface area contributed by atoms with Crippen molar-refractivity contribution in [2.75, 3.05) is 6.54 Å². The van der Waals surface area contributed by atoms with Crippen molar-refractivity contribution in [2.45, 2.75) is 33.4 Å². The van der Waals surface area contributed by atoms with E-state index in [1.165, 1.54) is 11.1 Å². The van der Waals surface area contributed by atoms with Crippen LogP contribution in [0.4, 0.5) is 0 Å². The molecule has 0 aliphatic heterocycles. The van der Waals surface area contributed by atoms with E-state index in [1.54, 1.807) is 11.3 Å². The summed E-state index contributed by atoms with van der Waals surface area (Å²) < 4.78 is 2.27. The molecule has 0 aromatic carbocycles. The van der Waals surface area contributed by atoms with Gasteiger partial charge in [0.05, 0.1) is 0 Å². The van der Waals surface area contributed by atoms with Gasteiger partial charge in [-0.1, -0.05) is 20.8 Å². The van der Waals surface area contributed by atoms with Gasteiger partial charge in [-0.05, 0) is 46.5 Å². The number of aromatic nitrogens is 1. The average molecular weight is 262 g/mol. The molecule has 1 unspecified atom stereocenters. The molecular formula is C15H22N2S. The lowest BCUT2D eigenvalue weighted by molar-refractivity contribution is 0.421. The fraction of sp³-hybridized carbons (Fsp3) is 0.467. The molecule has 18 heavy (non-hydrogen) atoms. The zero-order chi connectivity index (χ0) is 13.0. The zero-order valence-corrected chi connectivity index (χ0v) is 12.2. The van der Waals surface area contributed by atoms with Crippen molar-refractivity contribution < 1.29 is 0 Å². The number of thiophene rings is 1. The van der Waals surface area contributed by atoms with Gasteiger partial charge < -0.3 is 9.88 Å². The molecular weight excluding hydrogens is 240 g/mol. The van der Waals surface area contributed by atoms with Crippen LogP contribution in [0.25, 0.3) is 0 Å². The smallest absolute Gasteiger partial charge is 0.0478 e. The number of hydrogen-bond donors (Lipinski definition) is 1. The number of nitrogens with zero attached hydrogens (tertiary/aromatic N) is 1. The first-order valence-electron chi connectivity index (χ1n) is 6.60. The lowest BCUT2D eigenvalue weighted by Crippen LogP contribution is -2.25. The van der Waals surface area contributed by atoms with Gasteiger partial charge >= 0.3 is 0 Å². The predicted molar refractivity (Wildman–Crippen MR) is 79.1 cm³/mol. The molecule has 0 aliphatic carbocycles. The highest BCUT2D eigenvalue weighted by molar-refractivity contribution is 7.07. The summed E-state index contributed by atoms with van der Waals surface area (Å²) in [6.45, 7) is 8.68. The summed E-state index contributed by atoms with van der Waals surface area (Å²) in [4.78, 5) is 0. The van der Waals surface area contributed by atoms with Crippen LogP contribution in [0.5, 0.6) is 0 Å². The third-order valence-electron chi connectivity index (χ3n) is 3.17. The molecule has 2 heterocycles. The molecule has 0 saturated heterocycles. The van der Waals surface area contributed by atoms with Crippen LogP contribution in [0, 0.1) is 5.92 Å². The summed E-state index contributed by atoms with van der Waals surface area (Å²) in [5.74, 6) is 0.613.